The molecular weight excluding hydrogens is 1320 g/mol. The maximum atomic E-state index is 16.3. The smallest absolute Gasteiger partial charge is 0.246 e. The van der Waals surface area contributed by atoms with E-state index in [-0.39, 0.29) is 56.5 Å². The Bertz CT molecular complexity index is 4100. The van der Waals surface area contributed by atoms with E-state index in [0.717, 1.165) is 10.5 Å². The second kappa shape index (κ2) is 33.1. The van der Waals surface area contributed by atoms with E-state index in [9.17, 15) is 33.2 Å². The first-order valence-electron chi connectivity index (χ1n) is 34.1. The van der Waals surface area contributed by atoms with Crippen LogP contribution in [-0.4, -0.2) is 190 Å². The van der Waals surface area contributed by atoms with Crippen molar-refractivity contribution in [1.82, 2.24) is 67.6 Å². The van der Waals surface area contributed by atoms with Gasteiger partial charge >= 0.3 is 0 Å². The SMILES string of the molecule is COc1ccc(C[C@@H]2NC(=O)[C@H]([C@@H](C)OC(C)(C)C)NC(=O)[C@@H]3C[C@H](F)CN3C(=O)[C@H](Cc3c[nH]c4ccc(F)cc34)NC(=O)[C@H](Cc3c[nH]c4ccc(F)cc34)NC(=O)[C@@H](C)NC(=O)CNC(=O)[C@@H](NC(C)=O)CCNCc3ccc(cc3)C[C@@H](C(C)=O)NC(=O)[C@]3(C)CCCN3C2=O)cc1. The molecule has 6 aromatic rings. The molecule has 2 aromatic heterocycles. The van der Waals surface area contributed by atoms with Gasteiger partial charge in [-0.05, 0) is 157 Å². The van der Waals surface area contributed by atoms with Gasteiger partial charge in [-0.25, -0.2) is 13.2 Å². The summed E-state index contributed by atoms with van der Waals surface area (Å²) in [5.41, 5.74) is 1.01. The number of methoxy groups -OCH3 is 1. The van der Waals surface area contributed by atoms with Gasteiger partial charge in [0, 0.05) is 79.9 Å². The van der Waals surface area contributed by atoms with Crippen LogP contribution in [0.4, 0.5) is 13.2 Å². The van der Waals surface area contributed by atoms with Crippen LogP contribution < -0.4 is 52.6 Å². The van der Waals surface area contributed by atoms with Crippen LogP contribution in [0.2, 0.25) is 0 Å². The number of ketones is 1. The van der Waals surface area contributed by atoms with Gasteiger partial charge in [0.25, 0.3) is 0 Å². The molecule has 102 heavy (non-hydrogen) atoms. The van der Waals surface area contributed by atoms with Crippen LogP contribution in [0, 0.1) is 11.6 Å². The molecule has 10 rings (SSSR count). The summed E-state index contributed by atoms with van der Waals surface area (Å²) in [6, 6.07) is 9.89. The lowest BCUT2D eigenvalue weighted by Crippen LogP contribution is -2.64. The topological polar surface area (TPSA) is 353 Å². The highest BCUT2D eigenvalue weighted by Crippen LogP contribution is 2.32. The van der Waals surface area contributed by atoms with Gasteiger partial charge in [-0.2, -0.15) is 0 Å². The fourth-order valence-electron chi connectivity index (χ4n) is 13.3. The summed E-state index contributed by atoms with van der Waals surface area (Å²) in [6.45, 7) is 11.3. The zero-order valence-electron chi connectivity index (χ0n) is 58.5. The Balaban J connectivity index is 1.08. The number of Topliss-reactive ketones (excluding diaryl/α,β-unsaturated/α-hetero) is 1. The molecule has 0 radical (unpaired) electrons. The highest BCUT2D eigenvalue weighted by molar-refractivity contribution is 6.01. The molecule has 26 nitrogen and oxygen atoms in total. The molecule has 4 aliphatic rings. The monoisotopic (exact) mass is 1410 g/mol. The average Bonchev–Trinajstić information content (AvgIpc) is 1.60. The Morgan fingerprint density at radius 1 is 0.696 bits per heavy atom. The first-order chi connectivity index (χ1) is 48.4. The van der Waals surface area contributed by atoms with Gasteiger partial charge in [-0.3, -0.25) is 52.7 Å². The predicted molar refractivity (Wildman–Crippen MR) is 370 cm³/mol. The van der Waals surface area contributed by atoms with Crippen molar-refractivity contribution in [2.24, 2.45) is 0 Å². The van der Waals surface area contributed by atoms with E-state index < -0.39 is 168 Å². The van der Waals surface area contributed by atoms with Crippen LogP contribution in [0.15, 0.2) is 97.3 Å². The number of amides is 10. The number of carbonyl (C=O) groups is 11. The first-order valence-corrected chi connectivity index (χ1v) is 34.1. The van der Waals surface area contributed by atoms with Crippen LogP contribution >= 0.6 is 0 Å². The minimum absolute atomic E-state index is 0.0651. The molecule has 29 heteroatoms. The Morgan fingerprint density at radius 2 is 1.29 bits per heavy atom. The summed E-state index contributed by atoms with van der Waals surface area (Å²) in [6.07, 6.45) is -0.997. The quantitative estimate of drug-likeness (QED) is 0.0829. The van der Waals surface area contributed by atoms with Crippen LogP contribution in [0.25, 0.3) is 21.8 Å². The van der Waals surface area contributed by atoms with Gasteiger partial charge in [-0.1, -0.05) is 36.4 Å². The molecule has 11 N–H and O–H groups in total. The molecule has 2 fully saturated rings. The van der Waals surface area contributed by atoms with E-state index in [0.29, 0.717) is 57.2 Å². The maximum absolute atomic E-state index is 16.3. The average molecular weight is 1410 g/mol. The molecule has 0 aliphatic carbocycles. The molecule has 2 bridgehead atoms. The van der Waals surface area contributed by atoms with Crippen molar-refractivity contribution in [3.05, 3.63) is 137 Å². The minimum Gasteiger partial charge on any atom is -0.497 e. The van der Waals surface area contributed by atoms with Gasteiger partial charge in [0.15, 0.2) is 5.78 Å². The molecule has 11 atom stereocenters. The van der Waals surface area contributed by atoms with Gasteiger partial charge in [-0.15, -0.1) is 0 Å². The fraction of sp³-hybridized carbons (Fsp3) is 0.466. The van der Waals surface area contributed by atoms with Crippen molar-refractivity contribution < 1.29 is 75.4 Å². The molecule has 0 spiro atoms. The number of fused-ring (bicyclic) bond motifs is 30. The van der Waals surface area contributed by atoms with Crippen molar-refractivity contribution in [2.75, 3.05) is 33.3 Å². The standard InChI is InChI=1S/C73H90F3N13O13/c1-39-64(93)83-58(29-46-35-78-54-21-17-48(74)31-52(46)54)66(95)84-60(30-47-36-79-55-22-18-49(75)32-53(47)55)69(98)88-38-50(76)33-61(88)67(96)87-63(41(3)102-72(5,6)7)68(97)85-59(28-44-15-19-51(101-9)20-16-44)70(99)89-26-10-24-73(89,8)71(100)86-57(40(2)90)27-43-11-13-45(14-12-43)34-77-25-23-56(82-42(4)91)65(94)80-37-62(92)81-39/h11-22,31-32,35-36,39,41,50,56-61,63,77-79H,10,23-30,33-34,37-38H2,1-9H3,(H,80,94)(H,81,92)(H,82,91)(H,83,93)(H,84,95)(H,85,97)(H,86,100)(H,87,96)/t39-,41-,50+,56+,57+,58+,59+,60+,61+,63+,73+/m1/s1. The molecule has 0 saturated carbocycles. The number of hydrogen-bond acceptors (Lipinski definition) is 14. The summed E-state index contributed by atoms with van der Waals surface area (Å²) < 4.78 is 58.0. The van der Waals surface area contributed by atoms with Gasteiger partial charge in [0.1, 0.15) is 71.4 Å². The number of alkyl halides is 1. The van der Waals surface area contributed by atoms with Gasteiger partial charge < -0.3 is 77.1 Å². The Labute approximate surface area is 588 Å². The predicted octanol–water partition coefficient (Wildman–Crippen LogP) is 3.36. The molecule has 6 heterocycles. The largest absolute Gasteiger partial charge is 0.497 e. The molecule has 546 valence electrons. The fourth-order valence-corrected chi connectivity index (χ4v) is 13.3. The van der Waals surface area contributed by atoms with Crippen LogP contribution in [0.1, 0.15) is 109 Å². The van der Waals surface area contributed by atoms with Crippen molar-refractivity contribution in [3.63, 3.8) is 0 Å². The molecule has 10 amide bonds. The maximum Gasteiger partial charge on any atom is 0.246 e. The molecule has 2 saturated heterocycles. The highest BCUT2D eigenvalue weighted by atomic mass is 19.1. The number of ether oxygens (including phenoxy) is 2. The first kappa shape index (κ1) is 76.0. The number of aromatic nitrogens is 2. The summed E-state index contributed by atoms with van der Waals surface area (Å²) in [5.74, 6) is -9.55. The van der Waals surface area contributed by atoms with E-state index in [1.54, 1.807) is 64.1 Å². The van der Waals surface area contributed by atoms with Crippen molar-refractivity contribution in [2.45, 2.75) is 185 Å². The molecule has 4 aliphatic heterocycles. The number of halogens is 3. The van der Waals surface area contributed by atoms with Crippen LogP contribution in [0.5, 0.6) is 5.75 Å². The third-order valence-corrected chi connectivity index (χ3v) is 18.7. The summed E-state index contributed by atoms with van der Waals surface area (Å²) in [7, 11) is 1.48. The highest BCUT2D eigenvalue weighted by Gasteiger charge is 2.50. The van der Waals surface area contributed by atoms with E-state index in [2.05, 4.69) is 57.8 Å². The van der Waals surface area contributed by atoms with Crippen LogP contribution in [0.3, 0.4) is 0 Å². The number of hydrogen-bond donors (Lipinski definition) is 11. The zero-order valence-corrected chi connectivity index (χ0v) is 58.5. The number of nitrogens with one attached hydrogen (secondary N) is 11. The van der Waals surface area contributed by atoms with E-state index in [1.165, 1.54) is 88.5 Å². The second-order valence-electron chi connectivity index (χ2n) is 27.7. The lowest BCUT2D eigenvalue weighted by molar-refractivity contribution is -0.148. The third-order valence-electron chi connectivity index (χ3n) is 18.7. The minimum atomic E-state index is -1.86. The summed E-state index contributed by atoms with van der Waals surface area (Å²) in [4.78, 5) is 167. The van der Waals surface area contributed by atoms with Crippen molar-refractivity contribution >= 4 is 86.7 Å². The lowest BCUT2D eigenvalue weighted by Gasteiger charge is -2.38. The molecule has 4 aromatic carbocycles. The van der Waals surface area contributed by atoms with Crippen LogP contribution in [-0.2, 0) is 89.7 Å². The Hall–Kier alpha value is -10.2. The Morgan fingerprint density at radius 3 is 1.90 bits per heavy atom. The normalized spacial score (nSPS) is 25.1. The van der Waals surface area contributed by atoms with Crippen molar-refractivity contribution in [1.29, 1.82) is 0 Å². The summed E-state index contributed by atoms with van der Waals surface area (Å²) in [5, 5.41) is 25.2. The van der Waals surface area contributed by atoms with Gasteiger partial charge in [0.05, 0.1) is 37.9 Å². The van der Waals surface area contributed by atoms with E-state index in [4.69, 9.17) is 9.47 Å². The van der Waals surface area contributed by atoms with Crippen molar-refractivity contribution in [3.8, 4) is 5.75 Å². The number of H-pyrrole nitrogens is 2. The number of carbonyl (C=O) groups excluding carboxylic acids is 11. The number of benzene rings is 4. The summed E-state index contributed by atoms with van der Waals surface area (Å²) >= 11 is 0. The second-order valence-corrected chi connectivity index (χ2v) is 27.7. The zero-order chi connectivity index (χ0) is 73.9. The van der Waals surface area contributed by atoms with E-state index in [1.807, 2.05) is 12.1 Å². The van der Waals surface area contributed by atoms with E-state index >= 15 is 32.8 Å². The third kappa shape index (κ3) is 19.3. The Kier molecular flexibility index (Phi) is 24.7. The van der Waals surface area contributed by atoms with Gasteiger partial charge in [0.2, 0.25) is 59.1 Å². The number of rotatable bonds is 11. The molecule has 0 unspecified atom stereocenters. The number of nitrogens with zero attached hydrogens (tertiary/aromatic N) is 2. The number of aromatic amines is 2. The lowest BCUT2D eigenvalue weighted by atomic mass is 9.94. The molecular formula is C73H90F3N13O13.